The van der Waals surface area contributed by atoms with Crippen LogP contribution in [0.3, 0.4) is 0 Å². The second kappa shape index (κ2) is 7.93. The van der Waals surface area contributed by atoms with Gasteiger partial charge in [-0.3, -0.25) is 9.59 Å². The van der Waals surface area contributed by atoms with Gasteiger partial charge in [-0.15, -0.1) is 0 Å². The third-order valence-corrected chi connectivity index (χ3v) is 5.28. The second-order valence-electron chi connectivity index (χ2n) is 6.01. The van der Waals surface area contributed by atoms with Crippen molar-refractivity contribution in [2.24, 2.45) is 4.99 Å². The second-order valence-corrected chi connectivity index (χ2v) is 7.64. The van der Waals surface area contributed by atoms with E-state index in [0.717, 1.165) is 16.8 Å². The summed E-state index contributed by atoms with van der Waals surface area (Å²) in [6.45, 7) is 3.84. The van der Waals surface area contributed by atoms with Gasteiger partial charge in [-0.05, 0) is 43.2 Å². The van der Waals surface area contributed by atoms with Gasteiger partial charge in [0.1, 0.15) is 5.25 Å². The first-order valence-corrected chi connectivity index (χ1v) is 9.36. The van der Waals surface area contributed by atoms with Crippen LogP contribution in [0, 0.1) is 13.8 Å². The summed E-state index contributed by atoms with van der Waals surface area (Å²) in [4.78, 5) is 28.9. The molecule has 1 heterocycles. The fourth-order valence-corrected chi connectivity index (χ4v) is 3.64. The highest BCUT2D eigenvalue weighted by Crippen LogP contribution is 2.27. The van der Waals surface area contributed by atoms with E-state index in [1.807, 2.05) is 44.2 Å². The average Bonchev–Trinajstić information content (AvgIpc) is 2.92. The quantitative estimate of drug-likeness (QED) is 0.825. The highest BCUT2D eigenvalue weighted by atomic mass is 35.5. The average molecular weight is 388 g/mol. The molecule has 1 saturated heterocycles. The van der Waals surface area contributed by atoms with Gasteiger partial charge in [0.15, 0.2) is 5.17 Å². The van der Waals surface area contributed by atoms with Crippen LogP contribution in [0.25, 0.3) is 0 Å². The summed E-state index contributed by atoms with van der Waals surface area (Å²) in [5, 5.41) is 6.12. The molecule has 1 aliphatic heterocycles. The van der Waals surface area contributed by atoms with Crippen molar-refractivity contribution < 1.29 is 9.59 Å². The van der Waals surface area contributed by atoms with Crippen molar-refractivity contribution in [3.63, 3.8) is 0 Å². The van der Waals surface area contributed by atoms with Crippen LogP contribution in [0.4, 0.5) is 11.4 Å². The predicted octanol–water partition coefficient (Wildman–Crippen LogP) is 4.20. The Bertz CT molecular complexity index is 898. The summed E-state index contributed by atoms with van der Waals surface area (Å²) in [7, 11) is 0. The van der Waals surface area contributed by atoms with E-state index in [4.69, 9.17) is 11.6 Å². The number of carbonyl (C=O) groups excluding carboxylic acids is 2. The number of hydrogen-bond donors (Lipinski definition) is 2. The maximum Gasteiger partial charge on any atom is 0.240 e. The maximum atomic E-state index is 12.3. The predicted molar refractivity (Wildman–Crippen MR) is 107 cm³/mol. The van der Waals surface area contributed by atoms with Crippen LogP contribution in [0.2, 0.25) is 5.02 Å². The number of hydrogen-bond acceptors (Lipinski definition) is 4. The van der Waals surface area contributed by atoms with Crippen LogP contribution in [-0.4, -0.2) is 22.2 Å². The first-order chi connectivity index (χ1) is 12.4. The SMILES string of the molecule is Cc1ccccc1N=C1NC(=O)C(CC(=O)Nc2cc(Cl)ccc2C)S1. The summed E-state index contributed by atoms with van der Waals surface area (Å²) < 4.78 is 0. The monoisotopic (exact) mass is 387 g/mol. The van der Waals surface area contributed by atoms with E-state index in [1.165, 1.54) is 11.8 Å². The van der Waals surface area contributed by atoms with Gasteiger partial charge in [0, 0.05) is 17.1 Å². The van der Waals surface area contributed by atoms with Crippen molar-refractivity contribution >= 4 is 51.7 Å². The Balaban J connectivity index is 1.65. The molecule has 2 aromatic rings. The summed E-state index contributed by atoms with van der Waals surface area (Å²) in [5.74, 6) is -0.444. The molecule has 3 rings (SSSR count). The molecule has 0 aliphatic carbocycles. The van der Waals surface area contributed by atoms with Gasteiger partial charge >= 0.3 is 0 Å². The topological polar surface area (TPSA) is 70.6 Å². The molecule has 1 atom stereocenters. The molecule has 0 saturated carbocycles. The third-order valence-electron chi connectivity index (χ3n) is 3.96. The summed E-state index contributed by atoms with van der Waals surface area (Å²) >= 11 is 7.24. The number of benzene rings is 2. The first kappa shape index (κ1) is 18.5. The number of anilines is 1. The van der Waals surface area contributed by atoms with Gasteiger partial charge in [-0.1, -0.05) is 47.6 Å². The van der Waals surface area contributed by atoms with Crippen LogP contribution in [-0.2, 0) is 9.59 Å². The Morgan fingerprint density at radius 2 is 2.00 bits per heavy atom. The Morgan fingerprint density at radius 3 is 2.77 bits per heavy atom. The van der Waals surface area contributed by atoms with Crippen molar-refractivity contribution in [3.05, 3.63) is 58.6 Å². The molecule has 2 N–H and O–H groups in total. The zero-order valence-corrected chi connectivity index (χ0v) is 15.9. The Kier molecular flexibility index (Phi) is 5.64. The minimum Gasteiger partial charge on any atom is -0.326 e. The number of aryl methyl sites for hydroxylation is 2. The smallest absolute Gasteiger partial charge is 0.240 e. The van der Waals surface area contributed by atoms with Gasteiger partial charge in [0.2, 0.25) is 11.8 Å². The van der Waals surface area contributed by atoms with Crippen molar-refractivity contribution in [3.8, 4) is 0 Å². The van der Waals surface area contributed by atoms with Crippen molar-refractivity contribution in [1.29, 1.82) is 0 Å². The molecule has 2 amide bonds. The number of para-hydroxylation sites is 1. The van der Waals surface area contributed by atoms with Gasteiger partial charge in [-0.2, -0.15) is 0 Å². The third kappa shape index (κ3) is 4.45. The zero-order valence-electron chi connectivity index (χ0n) is 14.4. The standard InChI is InChI=1S/C19H18ClN3O2S/c1-11-5-3-4-6-14(11)22-19-23-18(25)16(26-19)10-17(24)21-15-9-13(20)8-7-12(15)2/h3-9,16H,10H2,1-2H3,(H,21,24)(H,22,23,25). The number of amides is 2. The molecule has 2 aromatic carbocycles. The molecule has 1 fully saturated rings. The molecule has 134 valence electrons. The van der Waals surface area contributed by atoms with E-state index >= 15 is 0 Å². The van der Waals surface area contributed by atoms with Gasteiger partial charge < -0.3 is 10.6 Å². The molecule has 1 aliphatic rings. The lowest BCUT2D eigenvalue weighted by Gasteiger charge is -2.10. The summed E-state index contributed by atoms with van der Waals surface area (Å²) in [6.07, 6.45) is 0.0647. The number of thioether (sulfide) groups is 1. The van der Waals surface area contributed by atoms with E-state index in [-0.39, 0.29) is 18.2 Å². The van der Waals surface area contributed by atoms with Gasteiger partial charge in [-0.25, -0.2) is 4.99 Å². The number of carbonyl (C=O) groups is 2. The Morgan fingerprint density at radius 1 is 1.23 bits per heavy atom. The molecule has 1 unspecified atom stereocenters. The van der Waals surface area contributed by atoms with Gasteiger partial charge in [0.05, 0.1) is 5.69 Å². The molecule has 0 aromatic heterocycles. The van der Waals surface area contributed by atoms with E-state index in [9.17, 15) is 9.59 Å². The Labute approximate surface area is 161 Å². The summed E-state index contributed by atoms with van der Waals surface area (Å²) in [6, 6.07) is 13.0. The molecule has 7 heteroatoms. The lowest BCUT2D eigenvalue weighted by Crippen LogP contribution is -2.28. The van der Waals surface area contributed by atoms with Crippen LogP contribution in [0.5, 0.6) is 0 Å². The van der Waals surface area contributed by atoms with Crippen molar-refractivity contribution in [1.82, 2.24) is 5.32 Å². The van der Waals surface area contributed by atoms with Crippen LogP contribution in [0.15, 0.2) is 47.5 Å². The van der Waals surface area contributed by atoms with Crippen LogP contribution >= 0.6 is 23.4 Å². The number of nitrogens with zero attached hydrogens (tertiary/aromatic N) is 1. The van der Waals surface area contributed by atoms with Gasteiger partial charge in [0.25, 0.3) is 0 Å². The molecular formula is C19H18ClN3O2S. The maximum absolute atomic E-state index is 12.3. The fourth-order valence-electron chi connectivity index (χ4n) is 2.49. The van der Waals surface area contributed by atoms with Crippen molar-refractivity contribution in [2.45, 2.75) is 25.5 Å². The van der Waals surface area contributed by atoms with E-state index in [1.54, 1.807) is 12.1 Å². The molecule has 26 heavy (non-hydrogen) atoms. The number of amidine groups is 1. The van der Waals surface area contributed by atoms with E-state index < -0.39 is 5.25 Å². The molecule has 0 bridgehead atoms. The molecule has 5 nitrogen and oxygen atoms in total. The number of rotatable bonds is 4. The largest absolute Gasteiger partial charge is 0.326 e. The lowest BCUT2D eigenvalue weighted by molar-refractivity contribution is -0.122. The highest BCUT2D eigenvalue weighted by molar-refractivity contribution is 8.15. The highest BCUT2D eigenvalue weighted by Gasteiger charge is 2.32. The lowest BCUT2D eigenvalue weighted by atomic mass is 10.2. The van der Waals surface area contributed by atoms with E-state index in [2.05, 4.69) is 15.6 Å². The summed E-state index contributed by atoms with van der Waals surface area (Å²) in [5.41, 5.74) is 3.38. The zero-order chi connectivity index (χ0) is 18.7. The van der Waals surface area contributed by atoms with E-state index in [0.29, 0.717) is 15.9 Å². The Hall–Kier alpha value is -2.31. The fraction of sp³-hybridized carbons (Fsp3) is 0.211. The number of nitrogens with one attached hydrogen (secondary N) is 2. The number of halogens is 1. The van der Waals surface area contributed by atoms with Crippen LogP contribution < -0.4 is 10.6 Å². The van der Waals surface area contributed by atoms with Crippen molar-refractivity contribution in [2.75, 3.05) is 5.32 Å². The minimum atomic E-state index is -0.503. The normalized spacial score (nSPS) is 18.0. The first-order valence-electron chi connectivity index (χ1n) is 8.10. The van der Waals surface area contributed by atoms with Crippen LogP contribution in [0.1, 0.15) is 17.5 Å². The molecular weight excluding hydrogens is 370 g/mol. The molecule has 0 radical (unpaired) electrons. The minimum absolute atomic E-state index is 0.0647. The number of aliphatic imine (C=N–C) groups is 1. The molecule has 0 spiro atoms.